The van der Waals surface area contributed by atoms with E-state index in [-0.39, 0.29) is 12.1 Å². The molecule has 9 nitrogen and oxygen atoms in total. The number of primary amides is 1. The molecule has 0 spiro atoms. The van der Waals surface area contributed by atoms with Gasteiger partial charge in [-0.15, -0.1) is 0 Å². The van der Waals surface area contributed by atoms with E-state index in [0.717, 1.165) is 12.7 Å². The fourth-order valence-corrected chi connectivity index (χ4v) is 10.2. The van der Waals surface area contributed by atoms with Crippen LogP contribution in [0.1, 0.15) is 12.0 Å². The molecule has 4 rings (SSSR count). The van der Waals surface area contributed by atoms with Gasteiger partial charge >= 0.3 is 240 Å². The van der Waals surface area contributed by atoms with Crippen LogP contribution in [0.15, 0.2) is 62.7 Å². The molecule has 0 unspecified atom stereocenters. The van der Waals surface area contributed by atoms with Crippen LogP contribution in [0, 0.1) is 8.98 Å². The Morgan fingerprint density at radius 3 is 2.34 bits per heavy atom. The molecule has 4 amide bonds. The summed E-state index contributed by atoms with van der Waals surface area (Å²) in [6.45, 7) is -0.615. The Bertz CT molecular complexity index is 1390. The van der Waals surface area contributed by atoms with Gasteiger partial charge in [0, 0.05) is 0 Å². The van der Waals surface area contributed by atoms with Crippen molar-refractivity contribution in [3.63, 3.8) is 0 Å². The van der Waals surface area contributed by atoms with Crippen molar-refractivity contribution in [2.75, 3.05) is 30.7 Å². The number of hydrogen-bond donors (Lipinski definition) is 4. The van der Waals surface area contributed by atoms with Crippen LogP contribution in [0.3, 0.4) is 0 Å². The second kappa shape index (κ2) is 13.0. The topological polar surface area (TPSA) is 135 Å². The van der Waals surface area contributed by atoms with E-state index in [4.69, 9.17) is 39.3 Å². The normalized spacial score (nSPS) is 17.0. The number of alkyl halides is 4. The number of benzene rings is 2. The molecular weight excluding hydrogens is 699 g/mol. The molecule has 5 N–H and O–H groups in total. The van der Waals surface area contributed by atoms with E-state index in [1.54, 1.807) is 17.0 Å². The zero-order valence-electron chi connectivity index (χ0n) is 21.4. The predicted octanol–water partition coefficient (Wildman–Crippen LogP) is 5.08. The first-order chi connectivity index (χ1) is 19.3. The fraction of sp³-hybridized carbons (Fsp3) is 0.308. The van der Waals surface area contributed by atoms with Crippen LogP contribution in [-0.4, -0.2) is 81.5 Å². The summed E-state index contributed by atoms with van der Waals surface area (Å²) in [6.07, 6.45) is -7.42. The molecule has 2 aliphatic rings. The molecule has 220 valence electrons. The van der Waals surface area contributed by atoms with E-state index in [1.807, 2.05) is 12.1 Å². The summed E-state index contributed by atoms with van der Waals surface area (Å²) >= 11 is 9.85. The number of rotatable bonds is 6. The van der Waals surface area contributed by atoms with Gasteiger partial charge in [-0.05, 0) is 0 Å². The zero-order chi connectivity index (χ0) is 29.9. The number of aliphatic hydroxyl groups is 1. The van der Waals surface area contributed by atoms with Gasteiger partial charge in [0.1, 0.15) is 0 Å². The number of amidine groups is 1. The Morgan fingerprint density at radius 2 is 1.76 bits per heavy atom. The maximum atomic E-state index is 13.2. The van der Waals surface area contributed by atoms with Crippen LogP contribution in [0.5, 0.6) is 0 Å². The van der Waals surface area contributed by atoms with E-state index in [2.05, 4.69) is 5.32 Å². The third-order valence-corrected chi connectivity index (χ3v) is 12.7. The van der Waals surface area contributed by atoms with Gasteiger partial charge in [-0.1, -0.05) is 11.6 Å². The van der Waals surface area contributed by atoms with Crippen LogP contribution in [-0.2, 0) is 0 Å². The molecule has 0 bridgehead atoms. The minimum atomic E-state index is -5.00. The Labute approximate surface area is 251 Å². The van der Waals surface area contributed by atoms with E-state index in [9.17, 15) is 27.9 Å². The predicted molar refractivity (Wildman–Crippen MR) is 160 cm³/mol. The van der Waals surface area contributed by atoms with Gasteiger partial charge in [0.15, 0.2) is 0 Å². The molecule has 1 atom stereocenters. The van der Waals surface area contributed by atoms with Gasteiger partial charge in [-0.2, -0.15) is 0 Å². The van der Waals surface area contributed by atoms with E-state index in [1.165, 1.54) is 24.3 Å². The molecule has 2 heterocycles. The fourth-order valence-electron chi connectivity index (χ4n) is 4.24. The number of hydrogen-bond acceptors (Lipinski definition) is 5. The van der Waals surface area contributed by atoms with Crippen molar-refractivity contribution in [3.05, 3.63) is 76.9 Å². The average molecular weight is 725 g/mol. The van der Waals surface area contributed by atoms with Crippen molar-refractivity contribution in [3.8, 4) is 0 Å². The van der Waals surface area contributed by atoms with Crippen LogP contribution in [0.25, 0.3) is 0 Å². The van der Waals surface area contributed by atoms with Crippen molar-refractivity contribution in [1.29, 1.82) is 5.41 Å². The number of nitrogens with two attached hydrogens (primary N) is 1. The van der Waals surface area contributed by atoms with Crippen LogP contribution in [0.4, 0.5) is 22.8 Å². The van der Waals surface area contributed by atoms with E-state index in [0.29, 0.717) is 44.7 Å². The standard InChI is InChI=1S/C26H26Cl2F3IN6O3/c27-16-3-1-15(2-4-16)23(33)38(13-22(39)26(29,30)31)25(41)35-11-21-19-9-10-37(24(34)40)12-20(19)32(14-36-21)18-7-5-17(28)6-8-18/h1-8,22,33,39H,9-14H2,(H2,34,40)(H,35,41)/t22-/m0/s1. The van der Waals surface area contributed by atoms with Gasteiger partial charge in [0.2, 0.25) is 0 Å². The Morgan fingerprint density at radius 1 is 1.15 bits per heavy atom. The van der Waals surface area contributed by atoms with Crippen molar-refractivity contribution in [1.82, 2.24) is 15.1 Å². The number of halogens is 6. The molecule has 0 radical (unpaired) electrons. The first kappa shape index (κ1) is 31.1. The van der Waals surface area contributed by atoms with Crippen LogP contribution >= 0.6 is 43.0 Å². The molecule has 0 saturated heterocycles. The van der Waals surface area contributed by atoms with E-state index < -0.39 is 56.5 Å². The quantitative estimate of drug-likeness (QED) is 0.109. The second-order valence-electron chi connectivity index (χ2n) is 9.10. The third kappa shape index (κ3) is 7.50. The van der Waals surface area contributed by atoms with Gasteiger partial charge in [-0.3, -0.25) is 0 Å². The number of carbonyl (C=O) groups excluding carboxylic acids is 2. The number of aliphatic imine (C=N–C) groups is 1. The first-order valence-corrected chi connectivity index (χ1v) is 16.6. The van der Waals surface area contributed by atoms with Crippen molar-refractivity contribution < 1.29 is 27.9 Å². The molecule has 2 aliphatic heterocycles. The number of carbonyl (C=O) groups is 2. The Kier molecular flexibility index (Phi) is 9.82. The summed E-state index contributed by atoms with van der Waals surface area (Å²) in [7, 11) is 0. The third-order valence-electron chi connectivity index (χ3n) is 6.43. The molecule has 15 heteroatoms. The Hall–Kier alpha value is -2.88. The van der Waals surface area contributed by atoms with Crippen LogP contribution in [0.2, 0.25) is 10.0 Å². The Balaban J connectivity index is 1.57. The second-order valence-corrected chi connectivity index (χ2v) is 15.3. The summed E-state index contributed by atoms with van der Waals surface area (Å²) < 4.78 is 42.1. The SMILES string of the molecule is N=C(c1ccc(Cl)cc1)N(C[C@H](O)C(F)(F)F)C(=O)NCC1=NCI(c2ccc(Cl)cc2)C2=C1CCN(C(N)=O)C2. The van der Waals surface area contributed by atoms with Crippen molar-refractivity contribution in [2.24, 2.45) is 10.7 Å². The van der Waals surface area contributed by atoms with Crippen molar-refractivity contribution >= 4 is 66.6 Å². The molecule has 0 aromatic heterocycles. The first-order valence-electron chi connectivity index (χ1n) is 12.2. The van der Waals surface area contributed by atoms with Gasteiger partial charge in [0.25, 0.3) is 0 Å². The average Bonchev–Trinajstić information content (AvgIpc) is 2.94. The number of nitrogens with one attached hydrogen (secondary N) is 2. The number of amides is 4. The zero-order valence-corrected chi connectivity index (χ0v) is 25.1. The van der Waals surface area contributed by atoms with Gasteiger partial charge < -0.3 is 0 Å². The van der Waals surface area contributed by atoms with Gasteiger partial charge in [0.05, 0.1) is 0 Å². The molecule has 0 fully saturated rings. The van der Waals surface area contributed by atoms with E-state index >= 15 is 0 Å². The summed E-state index contributed by atoms with van der Waals surface area (Å²) in [5, 5.41) is 21.6. The number of urea groups is 2. The summed E-state index contributed by atoms with van der Waals surface area (Å²) in [4.78, 5) is 31.9. The molecular formula is C26H26Cl2F3IN6O3. The number of nitrogens with zero attached hydrogens (tertiary/aromatic N) is 3. The van der Waals surface area contributed by atoms with Crippen molar-refractivity contribution in [2.45, 2.75) is 18.7 Å². The molecule has 2 aromatic carbocycles. The van der Waals surface area contributed by atoms with Gasteiger partial charge in [-0.25, -0.2) is 0 Å². The summed E-state index contributed by atoms with van der Waals surface area (Å²) in [5.41, 5.74) is 7.14. The molecule has 2 aromatic rings. The number of aliphatic hydroxyl groups excluding tert-OH is 1. The molecule has 0 aliphatic carbocycles. The molecule has 41 heavy (non-hydrogen) atoms. The maximum absolute atomic E-state index is 13.2. The van der Waals surface area contributed by atoms with Crippen LogP contribution < -0.4 is 11.1 Å². The molecule has 0 saturated carbocycles. The minimum absolute atomic E-state index is 0.120. The summed E-state index contributed by atoms with van der Waals surface area (Å²) in [6, 6.07) is 11.6. The summed E-state index contributed by atoms with van der Waals surface area (Å²) in [5.74, 6) is -0.543. The monoisotopic (exact) mass is 724 g/mol.